The summed E-state index contributed by atoms with van der Waals surface area (Å²) in [5, 5.41) is 18.9. The number of nitrogens with zero attached hydrogens (tertiary/aromatic N) is 3. The number of benzene rings is 2. The average molecular weight is 431 g/mol. The van der Waals surface area contributed by atoms with Crippen molar-refractivity contribution in [2.45, 2.75) is 6.54 Å². The minimum Gasteiger partial charge on any atom is -0.493 e. The van der Waals surface area contributed by atoms with Crippen LogP contribution in [0, 0.1) is 3.57 Å². The number of halogens is 1. The molecule has 0 aliphatic rings. The molecular formula is C18H14IN3O2. The molecule has 0 aliphatic carbocycles. The SMILES string of the molecule is C=CCn1c(O)c(N=NC(=O)c2ccc(I)cc2)c2ccccc21. The Morgan fingerprint density at radius 1 is 1.21 bits per heavy atom. The molecule has 0 saturated carbocycles. The number of carbonyl (C=O) groups excluding carboxylic acids is 1. The number of amides is 1. The summed E-state index contributed by atoms with van der Waals surface area (Å²) in [6.07, 6.45) is 1.68. The molecule has 0 aliphatic heterocycles. The monoisotopic (exact) mass is 431 g/mol. The molecule has 6 heteroatoms. The van der Waals surface area contributed by atoms with Crippen molar-refractivity contribution in [3.8, 4) is 5.88 Å². The normalized spacial score (nSPS) is 11.2. The largest absolute Gasteiger partial charge is 0.493 e. The van der Waals surface area contributed by atoms with E-state index in [9.17, 15) is 9.90 Å². The number of rotatable bonds is 4. The van der Waals surface area contributed by atoms with Gasteiger partial charge in [-0.25, -0.2) is 0 Å². The number of aromatic hydroxyl groups is 1. The van der Waals surface area contributed by atoms with Gasteiger partial charge in [0.1, 0.15) is 0 Å². The number of hydrogen-bond acceptors (Lipinski definition) is 3. The summed E-state index contributed by atoms with van der Waals surface area (Å²) in [5.74, 6) is -0.485. The molecule has 1 heterocycles. The van der Waals surface area contributed by atoms with E-state index in [1.807, 2.05) is 36.4 Å². The summed E-state index contributed by atoms with van der Waals surface area (Å²) in [6.45, 7) is 4.13. The topological polar surface area (TPSA) is 66.9 Å². The number of para-hydroxylation sites is 1. The lowest BCUT2D eigenvalue weighted by Gasteiger charge is -2.01. The molecule has 0 bridgehead atoms. The summed E-state index contributed by atoms with van der Waals surface area (Å²) in [5.41, 5.74) is 1.55. The van der Waals surface area contributed by atoms with Crippen molar-refractivity contribution in [3.05, 3.63) is 70.3 Å². The standard InChI is InChI=1S/C18H14IN3O2/c1-2-11-22-15-6-4-3-5-14(15)16(18(22)24)20-21-17(23)12-7-9-13(19)10-8-12/h2-10,24H,1,11H2. The second-order valence-electron chi connectivity index (χ2n) is 5.10. The second-order valence-corrected chi connectivity index (χ2v) is 6.35. The molecule has 3 rings (SSSR count). The molecule has 0 fully saturated rings. The third kappa shape index (κ3) is 3.09. The molecule has 120 valence electrons. The van der Waals surface area contributed by atoms with Crippen LogP contribution in [0.1, 0.15) is 10.4 Å². The van der Waals surface area contributed by atoms with Crippen molar-refractivity contribution < 1.29 is 9.90 Å². The van der Waals surface area contributed by atoms with Crippen molar-refractivity contribution in [2.75, 3.05) is 0 Å². The van der Waals surface area contributed by atoms with Gasteiger partial charge in [0, 0.05) is 21.1 Å². The maximum absolute atomic E-state index is 12.1. The Morgan fingerprint density at radius 3 is 2.62 bits per heavy atom. The lowest BCUT2D eigenvalue weighted by atomic mass is 10.2. The maximum Gasteiger partial charge on any atom is 0.295 e. The lowest BCUT2D eigenvalue weighted by molar-refractivity contribution is 0.0995. The van der Waals surface area contributed by atoms with Crippen LogP contribution in [0.25, 0.3) is 10.9 Å². The van der Waals surface area contributed by atoms with Crippen LogP contribution in [0.15, 0.2) is 71.4 Å². The highest BCUT2D eigenvalue weighted by Crippen LogP contribution is 2.38. The Bertz CT molecular complexity index is 943. The fraction of sp³-hybridized carbons (Fsp3) is 0.0556. The number of hydrogen-bond donors (Lipinski definition) is 1. The summed E-state index contributed by atoms with van der Waals surface area (Å²) in [6, 6.07) is 14.5. The second kappa shape index (κ2) is 6.96. The van der Waals surface area contributed by atoms with Crippen molar-refractivity contribution >= 4 is 45.1 Å². The van der Waals surface area contributed by atoms with Gasteiger partial charge in [0.05, 0.1) is 5.52 Å². The van der Waals surface area contributed by atoms with Crippen LogP contribution in [-0.2, 0) is 6.54 Å². The van der Waals surface area contributed by atoms with Gasteiger partial charge in [-0.1, -0.05) is 24.3 Å². The molecule has 0 unspecified atom stereocenters. The summed E-state index contributed by atoms with van der Waals surface area (Å²) >= 11 is 2.17. The van der Waals surface area contributed by atoms with Crippen molar-refractivity contribution in [3.63, 3.8) is 0 Å². The van der Waals surface area contributed by atoms with Crippen molar-refractivity contribution in [1.82, 2.24) is 4.57 Å². The van der Waals surface area contributed by atoms with Crippen LogP contribution in [0.2, 0.25) is 0 Å². The number of azo groups is 1. The Hall–Kier alpha value is -2.48. The number of fused-ring (bicyclic) bond motifs is 1. The summed E-state index contributed by atoms with van der Waals surface area (Å²) in [7, 11) is 0. The van der Waals surface area contributed by atoms with E-state index in [-0.39, 0.29) is 11.6 Å². The molecule has 1 amide bonds. The number of aromatic nitrogens is 1. The molecule has 3 aromatic rings. The lowest BCUT2D eigenvalue weighted by Crippen LogP contribution is -1.93. The molecule has 5 nitrogen and oxygen atoms in total. The molecule has 1 N–H and O–H groups in total. The van der Waals surface area contributed by atoms with Crippen molar-refractivity contribution in [2.24, 2.45) is 10.2 Å². The fourth-order valence-electron chi connectivity index (χ4n) is 2.43. The van der Waals surface area contributed by atoms with E-state index in [0.717, 1.165) is 14.5 Å². The van der Waals surface area contributed by atoms with Gasteiger partial charge in [-0.2, -0.15) is 0 Å². The van der Waals surface area contributed by atoms with E-state index < -0.39 is 5.91 Å². The summed E-state index contributed by atoms with van der Waals surface area (Å²) < 4.78 is 2.71. The van der Waals surface area contributed by atoms with Gasteiger partial charge in [0.15, 0.2) is 5.69 Å². The van der Waals surface area contributed by atoms with Crippen LogP contribution < -0.4 is 0 Å². The van der Waals surface area contributed by atoms with Gasteiger partial charge in [0.25, 0.3) is 5.91 Å². The minimum atomic E-state index is -0.452. The maximum atomic E-state index is 12.1. The Balaban J connectivity index is 2.00. The zero-order valence-electron chi connectivity index (χ0n) is 12.7. The average Bonchev–Trinajstić information content (AvgIpc) is 2.86. The van der Waals surface area contributed by atoms with Crippen LogP contribution in [0.5, 0.6) is 5.88 Å². The van der Waals surface area contributed by atoms with Crippen LogP contribution in [0.3, 0.4) is 0 Å². The number of allylic oxidation sites excluding steroid dienone is 1. The molecule has 24 heavy (non-hydrogen) atoms. The predicted octanol–water partition coefficient (Wildman–Crippen LogP) is 5.06. The van der Waals surface area contributed by atoms with Crippen LogP contribution >= 0.6 is 22.6 Å². The summed E-state index contributed by atoms with van der Waals surface area (Å²) in [4.78, 5) is 12.1. The Morgan fingerprint density at radius 2 is 1.92 bits per heavy atom. The van der Waals surface area contributed by atoms with Gasteiger partial charge >= 0.3 is 0 Å². The third-order valence-corrected chi connectivity index (χ3v) is 4.28. The predicted molar refractivity (Wildman–Crippen MR) is 102 cm³/mol. The first-order valence-electron chi connectivity index (χ1n) is 7.24. The first kappa shape index (κ1) is 16.4. The zero-order valence-corrected chi connectivity index (χ0v) is 14.8. The highest BCUT2D eigenvalue weighted by Gasteiger charge is 2.16. The highest BCUT2D eigenvalue weighted by atomic mass is 127. The first-order chi connectivity index (χ1) is 11.6. The smallest absolute Gasteiger partial charge is 0.295 e. The molecule has 0 atom stereocenters. The molecule has 0 spiro atoms. The molecule has 0 radical (unpaired) electrons. The Labute approximate surface area is 152 Å². The fourth-order valence-corrected chi connectivity index (χ4v) is 2.79. The first-order valence-corrected chi connectivity index (χ1v) is 8.32. The molecular weight excluding hydrogens is 417 g/mol. The zero-order chi connectivity index (χ0) is 17.1. The van der Waals surface area contributed by atoms with Gasteiger partial charge in [-0.05, 0) is 52.9 Å². The van der Waals surface area contributed by atoms with E-state index in [4.69, 9.17) is 0 Å². The third-order valence-electron chi connectivity index (χ3n) is 3.56. The highest BCUT2D eigenvalue weighted by molar-refractivity contribution is 14.1. The number of carbonyl (C=O) groups is 1. The minimum absolute atomic E-state index is 0.0322. The van der Waals surface area contributed by atoms with E-state index in [2.05, 4.69) is 39.4 Å². The molecule has 1 aromatic heterocycles. The quantitative estimate of drug-likeness (QED) is 0.357. The molecule has 0 saturated heterocycles. The van der Waals surface area contributed by atoms with E-state index in [0.29, 0.717) is 12.1 Å². The van der Waals surface area contributed by atoms with Gasteiger partial charge < -0.3 is 9.67 Å². The van der Waals surface area contributed by atoms with E-state index in [1.165, 1.54) is 0 Å². The van der Waals surface area contributed by atoms with E-state index >= 15 is 0 Å². The van der Waals surface area contributed by atoms with E-state index in [1.54, 1.807) is 22.8 Å². The molecule has 2 aromatic carbocycles. The van der Waals surface area contributed by atoms with Crippen LogP contribution in [0.4, 0.5) is 5.69 Å². The Kier molecular flexibility index (Phi) is 4.75. The van der Waals surface area contributed by atoms with Crippen LogP contribution in [-0.4, -0.2) is 15.6 Å². The van der Waals surface area contributed by atoms with Gasteiger partial charge in [-0.3, -0.25) is 4.79 Å². The van der Waals surface area contributed by atoms with Crippen molar-refractivity contribution in [1.29, 1.82) is 0 Å². The van der Waals surface area contributed by atoms with Gasteiger partial charge in [-0.15, -0.1) is 16.8 Å². The van der Waals surface area contributed by atoms with Gasteiger partial charge in [0.2, 0.25) is 5.88 Å².